The van der Waals surface area contributed by atoms with Gasteiger partial charge in [0, 0.05) is 19.6 Å². The van der Waals surface area contributed by atoms with Crippen molar-refractivity contribution in [2.24, 2.45) is 0 Å². The van der Waals surface area contributed by atoms with Crippen molar-refractivity contribution < 1.29 is 17.9 Å². The van der Waals surface area contributed by atoms with E-state index in [-0.39, 0.29) is 36.2 Å². The monoisotopic (exact) mass is 336 g/mol. The Kier molecular flexibility index (Phi) is 6.76. The summed E-state index contributed by atoms with van der Waals surface area (Å²) >= 11 is 5.82. The predicted molar refractivity (Wildman–Crippen MR) is 80.2 cm³/mol. The molecule has 0 heterocycles. The van der Waals surface area contributed by atoms with Crippen molar-refractivity contribution in [1.29, 1.82) is 0 Å². The van der Waals surface area contributed by atoms with E-state index in [1.165, 1.54) is 12.1 Å². The zero-order valence-corrected chi connectivity index (χ0v) is 13.2. The van der Waals surface area contributed by atoms with Gasteiger partial charge in [-0.2, -0.15) is 4.31 Å². The van der Waals surface area contributed by atoms with Crippen molar-refractivity contribution in [1.82, 2.24) is 9.62 Å². The average Bonchev–Trinajstić information content (AvgIpc) is 2.43. The average molecular weight is 337 g/mol. The molecule has 8 heteroatoms. The van der Waals surface area contributed by atoms with Crippen LogP contribution in [0, 0.1) is 5.82 Å². The molecular weight excluding hydrogens is 319 g/mol. The first-order valence-corrected chi connectivity index (χ1v) is 8.04. The molecule has 0 saturated carbocycles. The predicted octanol–water partition coefficient (Wildman–Crippen LogP) is 1.37. The Morgan fingerprint density at radius 2 is 2.19 bits per heavy atom. The quantitative estimate of drug-likeness (QED) is 0.703. The second-order valence-corrected chi connectivity index (χ2v) is 6.60. The van der Waals surface area contributed by atoms with Gasteiger partial charge in [-0.1, -0.05) is 17.7 Å². The second-order valence-electron chi connectivity index (χ2n) is 4.28. The van der Waals surface area contributed by atoms with Gasteiger partial charge in [-0.15, -0.1) is 6.58 Å². The molecule has 0 aromatic heterocycles. The topological polar surface area (TPSA) is 69.6 Å². The minimum absolute atomic E-state index is 0.0223. The van der Waals surface area contributed by atoms with Gasteiger partial charge in [-0.05, 0) is 24.7 Å². The molecule has 5 nitrogen and oxygen atoms in total. The smallest absolute Gasteiger partial charge is 0.243 e. The highest BCUT2D eigenvalue weighted by Gasteiger charge is 2.25. The van der Waals surface area contributed by atoms with E-state index in [4.69, 9.17) is 16.7 Å². The Labute approximate surface area is 129 Å². The molecule has 0 atom stereocenters. The molecule has 2 N–H and O–H groups in total. The number of nitrogens with zero attached hydrogens (tertiary/aromatic N) is 1. The molecule has 0 unspecified atom stereocenters. The minimum atomic E-state index is -3.93. The highest BCUT2D eigenvalue weighted by molar-refractivity contribution is 7.89. The van der Waals surface area contributed by atoms with Gasteiger partial charge in [-0.3, -0.25) is 0 Å². The molecule has 1 aromatic rings. The lowest BCUT2D eigenvalue weighted by Crippen LogP contribution is -2.34. The molecule has 0 saturated heterocycles. The number of aliphatic hydroxyl groups is 1. The van der Waals surface area contributed by atoms with Crippen molar-refractivity contribution in [2.45, 2.75) is 11.4 Å². The maximum atomic E-state index is 13.8. The molecule has 1 aromatic carbocycles. The van der Waals surface area contributed by atoms with Gasteiger partial charge in [0.1, 0.15) is 5.82 Å². The Morgan fingerprint density at radius 3 is 2.71 bits per heavy atom. The molecule has 0 aliphatic rings. The molecule has 0 spiro atoms. The van der Waals surface area contributed by atoms with E-state index in [0.29, 0.717) is 5.56 Å². The van der Waals surface area contributed by atoms with Gasteiger partial charge in [-0.25, -0.2) is 12.8 Å². The first kappa shape index (κ1) is 18.1. The summed E-state index contributed by atoms with van der Waals surface area (Å²) < 4.78 is 39.8. The van der Waals surface area contributed by atoms with Crippen molar-refractivity contribution in [3.63, 3.8) is 0 Å². The molecule has 0 aliphatic heterocycles. The molecule has 0 aliphatic carbocycles. The first-order valence-electron chi connectivity index (χ1n) is 6.22. The van der Waals surface area contributed by atoms with Gasteiger partial charge in [0.15, 0.2) is 0 Å². The van der Waals surface area contributed by atoms with Gasteiger partial charge in [0.25, 0.3) is 0 Å². The Morgan fingerprint density at radius 1 is 1.52 bits per heavy atom. The standard InChI is InChI=1S/C13H18ClFN2O3S/c1-3-4-17(5-6-18)21(19,20)11-7-10(9-16-2)13(14)12(15)8-11/h3,7-8,16,18H,1,4-6,9H2,2H3. The summed E-state index contributed by atoms with van der Waals surface area (Å²) in [5, 5.41) is 11.6. The maximum absolute atomic E-state index is 13.8. The van der Waals surface area contributed by atoms with Crippen LogP contribution in [0.15, 0.2) is 29.7 Å². The summed E-state index contributed by atoms with van der Waals surface area (Å²) in [7, 11) is -2.29. The van der Waals surface area contributed by atoms with Crippen molar-refractivity contribution in [3.05, 3.63) is 41.2 Å². The third kappa shape index (κ3) is 4.24. The Bertz CT molecular complexity index is 608. The summed E-state index contributed by atoms with van der Waals surface area (Å²) in [4.78, 5) is -0.204. The van der Waals surface area contributed by atoms with Gasteiger partial charge >= 0.3 is 0 Å². The number of hydrogen-bond donors (Lipinski definition) is 2. The number of rotatable bonds is 8. The number of sulfonamides is 1. The van der Waals surface area contributed by atoms with Gasteiger partial charge in [0.2, 0.25) is 10.0 Å². The molecule has 118 valence electrons. The van der Waals surface area contributed by atoms with Gasteiger partial charge in [0.05, 0.1) is 16.5 Å². The highest BCUT2D eigenvalue weighted by Crippen LogP contribution is 2.26. The fourth-order valence-corrected chi connectivity index (χ4v) is 3.44. The SMILES string of the molecule is C=CCN(CCO)S(=O)(=O)c1cc(F)c(Cl)c(CNC)c1. The van der Waals surface area contributed by atoms with Crippen LogP contribution < -0.4 is 5.32 Å². The lowest BCUT2D eigenvalue weighted by atomic mass is 10.2. The fourth-order valence-electron chi connectivity index (χ4n) is 1.80. The van der Waals surface area contributed by atoms with E-state index in [1.807, 2.05) is 0 Å². The van der Waals surface area contributed by atoms with Crippen molar-refractivity contribution in [2.75, 3.05) is 26.7 Å². The molecule has 0 amide bonds. The van der Waals surface area contributed by atoms with E-state index in [0.717, 1.165) is 10.4 Å². The third-order valence-electron chi connectivity index (χ3n) is 2.76. The van der Waals surface area contributed by atoms with Crippen LogP contribution in [-0.2, 0) is 16.6 Å². The normalized spacial score (nSPS) is 11.9. The Hall–Kier alpha value is -0.990. The van der Waals surface area contributed by atoms with E-state index in [2.05, 4.69) is 11.9 Å². The van der Waals surface area contributed by atoms with Crippen molar-refractivity contribution in [3.8, 4) is 0 Å². The third-order valence-corrected chi connectivity index (χ3v) is 5.03. The van der Waals surface area contributed by atoms with Crippen LogP contribution in [0.2, 0.25) is 5.02 Å². The largest absolute Gasteiger partial charge is 0.395 e. The van der Waals surface area contributed by atoms with Crippen LogP contribution in [0.4, 0.5) is 4.39 Å². The number of halogens is 2. The number of hydrogen-bond acceptors (Lipinski definition) is 4. The van der Waals surface area contributed by atoms with Crippen LogP contribution in [0.5, 0.6) is 0 Å². The van der Waals surface area contributed by atoms with E-state index >= 15 is 0 Å². The molecule has 0 radical (unpaired) electrons. The van der Waals surface area contributed by atoms with Crippen LogP contribution in [-0.4, -0.2) is 44.6 Å². The molecule has 0 bridgehead atoms. The molecule has 21 heavy (non-hydrogen) atoms. The lowest BCUT2D eigenvalue weighted by Gasteiger charge is -2.20. The number of aliphatic hydroxyl groups excluding tert-OH is 1. The molecule has 1 rings (SSSR count). The number of nitrogens with one attached hydrogen (secondary N) is 1. The van der Waals surface area contributed by atoms with Crippen LogP contribution in [0.3, 0.4) is 0 Å². The Balaban J connectivity index is 3.32. The summed E-state index contributed by atoms with van der Waals surface area (Å²) in [6, 6.07) is 2.20. The van der Waals surface area contributed by atoms with E-state index in [1.54, 1.807) is 7.05 Å². The first-order chi connectivity index (χ1) is 9.88. The zero-order valence-electron chi connectivity index (χ0n) is 11.6. The summed E-state index contributed by atoms with van der Waals surface area (Å²) in [5.41, 5.74) is 0.347. The maximum Gasteiger partial charge on any atom is 0.243 e. The summed E-state index contributed by atoms with van der Waals surface area (Å²) in [6.45, 7) is 3.30. The molecule has 0 fully saturated rings. The van der Waals surface area contributed by atoms with Gasteiger partial charge < -0.3 is 10.4 Å². The number of benzene rings is 1. The zero-order chi connectivity index (χ0) is 16.0. The fraction of sp³-hybridized carbons (Fsp3) is 0.385. The van der Waals surface area contributed by atoms with E-state index in [9.17, 15) is 12.8 Å². The van der Waals surface area contributed by atoms with Crippen LogP contribution >= 0.6 is 11.6 Å². The van der Waals surface area contributed by atoms with Crippen LogP contribution in [0.25, 0.3) is 0 Å². The highest BCUT2D eigenvalue weighted by atomic mass is 35.5. The second kappa shape index (κ2) is 7.86. The van der Waals surface area contributed by atoms with Crippen LogP contribution in [0.1, 0.15) is 5.56 Å². The van der Waals surface area contributed by atoms with E-state index < -0.39 is 15.8 Å². The summed E-state index contributed by atoms with van der Waals surface area (Å²) in [5.74, 6) is -0.800. The van der Waals surface area contributed by atoms with Crippen molar-refractivity contribution >= 4 is 21.6 Å². The molecular formula is C13H18ClFN2O3S. The minimum Gasteiger partial charge on any atom is -0.395 e. The summed E-state index contributed by atoms with van der Waals surface area (Å²) in [6.07, 6.45) is 1.40. The lowest BCUT2D eigenvalue weighted by molar-refractivity contribution is 0.260.